The molecule has 4 heteroatoms. The minimum Gasteiger partial charge on any atom is -0.507 e. The third kappa shape index (κ3) is 3.72. The molecule has 0 aliphatic carbocycles. The Bertz CT molecular complexity index is 558. The average Bonchev–Trinajstić information content (AvgIpc) is 2.42. The van der Waals surface area contributed by atoms with Crippen molar-refractivity contribution in [3.63, 3.8) is 0 Å². The van der Waals surface area contributed by atoms with E-state index < -0.39 is 0 Å². The number of rotatable bonds is 5. The number of hydrogen-bond donors (Lipinski definition) is 2. The lowest BCUT2D eigenvalue weighted by Gasteiger charge is -2.09. The van der Waals surface area contributed by atoms with Crippen LogP contribution in [0.15, 0.2) is 46.9 Å². The molecule has 3 nitrogen and oxygen atoms in total. The molecule has 0 unspecified atom stereocenters. The van der Waals surface area contributed by atoms with Gasteiger partial charge in [-0.05, 0) is 17.7 Å². The lowest BCUT2D eigenvalue weighted by molar-refractivity contribution is 0.406. The molecule has 2 aromatic carbocycles. The first-order chi connectivity index (χ1) is 9.20. The molecule has 19 heavy (non-hydrogen) atoms. The van der Waals surface area contributed by atoms with Gasteiger partial charge < -0.3 is 15.2 Å². The fourth-order valence-corrected chi connectivity index (χ4v) is 2.22. The minimum atomic E-state index is 0.249. The van der Waals surface area contributed by atoms with Crippen molar-refractivity contribution in [2.75, 3.05) is 7.11 Å². The number of aromatic hydroxyl groups is 1. The van der Waals surface area contributed by atoms with Crippen molar-refractivity contribution in [1.82, 2.24) is 5.32 Å². The highest BCUT2D eigenvalue weighted by molar-refractivity contribution is 9.10. The minimum absolute atomic E-state index is 0.249. The summed E-state index contributed by atoms with van der Waals surface area (Å²) in [6, 6.07) is 13.4. The monoisotopic (exact) mass is 321 g/mol. The molecular formula is C15H16BrNO2. The van der Waals surface area contributed by atoms with Gasteiger partial charge in [-0.25, -0.2) is 0 Å². The molecule has 0 atom stereocenters. The number of nitrogens with one attached hydrogen (secondary N) is 1. The molecule has 0 saturated carbocycles. The zero-order chi connectivity index (χ0) is 13.7. The van der Waals surface area contributed by atoms with E-state index in [4.69, 9.17) is 4.74 Å². The zero-order valence-corrected chi connectivity index (χ0v) is 12.3. The summed E-state index contributed by atoms with van der Waals surface area (Å²) in [6.07, 6.45) is 0. The molecule has 0 saturated heterocycles. The lowest BCUT2D eigenvalue weighted by atomic mass is 10.1. The van der Waals surface area contributed by atoms with Gasteiger partial charge in [0.25, 0.3) is 0 Å². The highest BCUT2D eigenvalue weighted by Crippen LogP contribution is 2.23. The van der Waals surface area contributed by atoms with Crippen molar-refractivity contribution in [2.45, 2.75) is 13.1 Å². The van der Waals surface area contributed by atoms with Crippen LogP contribution in [0.1, 0.15) is 11.1 Å². The molecule has 0 aromatic heterocycles. The van der Waals surface area contributed by atoms with Crippen LogP contribution in [-0.2, 0) is 13.1 Å². The van der Waals surface area contributed by atoms with Gasteiger partial charge in [0.1, 0.15) is 11.5 Å². The van der Waals surface area contributed by atoms with E-state index in [0.29, 0.717) is 12.3 Å². The molecule has 0 bridgehead atoms. The van der Waals surface area contributed by atoms with E-state index in [-0.39, 0.29) is 5.75 Å². The van der Waals surface area contributed by atoms with Gasteiger partial charge >= 0.3 is 0 Å². The maximum absolute atomic E-state index is 9.84. The molecule has 0 aliphatic rings. The van der Waals surface area contributed by atoms with Crippen molar-refractivity contribution < 1.29 is 9.84 Å². The van der Waals surface area contributed by atoms with Gasteiger partial charge in [-0.2, -0.15) is 0 Å². The van der Waals surface area contributed by atoms with Crippen molar-refractivity contribution in [1.29, 1.82) is 0 Å². The first kappa shape index (κ1) is 13.9. The van der Waals surface area contributed by atoms with Crippen molar-refractivity contribution in [3.8, 4) is 11.5 Å². The Kier molecular flexibility index (Phi) is 4.82. The van der Waals surface area contributed by atoms with Crippen LogP contribution in [0.5, 0.6) is 11.5 Å². The van der Waals surface area contributed by atoms with Gasteiger partial charge in [0.2, 0.25) is 0 Å². The highest BCUT2D eigenvalue weighted by Gasteiger charge is 2.03. The van der Waals surface area contributed by atoms with Crippen LogP contribution in [0.2, 0.25) is 0 Å². The summed E-state index contributed by atoms with van der Waals surface area (Å²) in [6.45, 7) is 1.35. The number of hydrogen-bond acceptors (Lipinski definition) is 3. The maximum atomic E-state index is 9.84. The number of phenolic OH excluding ortho intramolecular Hbond substituents is 1. The second-order valence-electron chi connectivity index (χ2n) is 4.19. The van der Waals surface area contributed by atoms with Crippen molar-refractivity contribution in [2.24, 2.45) is 0 Å². The molecule has 0 radical (unpaired) electrons. The topological polar surface area (TPSA) is 41.5 Å². The number of ether oxygens (including phenoxy) is 1. The smallest absolute Gasteiger partial charge is 0.123 e. The van der Waals surface area contributed by atoms with Gasteiger partial charge in [-0.3, -0.25) is 0 Å². The van der Waals surface area contributed by atoms with Crippen LogP contribution in [0.25, 0.3) is 0 Å². The summed E-state index contributed by atoms with van der Waals surface area (Å²) in [7, 11) is 1.58. The van der Waals surface area contributed by atoms with E-state index in [0.717, 1.165) is 16.6 Å². The van der Waals surface area contributed by atoms with Crippen LogP contribution >= 0.6 is 15.9 Å². The number of methoxy groups -OCH3 is 1. The molecule has 0 fully saturated rings. The van der Waals surface area contributed by atoms with E-state index in [2.05, 4.69) is 27.3 Å². The normalized spacial score (nSPS) is 10.4. The van der Waals surface area contributed by atoms with Gasteiger partial charge in [-0.1, -0.05) is 40.2 Å². The highest BCUT2D eigenvalue weighted by atomic mass is 79.9. The largest absolute Gasteiger partial charge is 0.507 e. The first-order valence-corrected chi connectivity index (χ1v) is 6.80. The van der Waals surface area contributed by atoms with Gasteiger partial charge in [0.05, 0.1) is 7.11 Å². The van der Waals surface area contributed by atoms with E-state index in [1.54, 1.807) is 13.2 Å². The Morgan fingerprint density at radius 3 is 2.53 bits per heavy atom. The molecule has 0 aliphatic heterocycles. The van der Waals surface area contributed by atoms with Gasteiger partial charge in [0, 0.05) is 29.2 Å². The molecule has 0 spiro atoms. The third-order valence-corrected chi connectivity index (χ3v) is 3.65. The second kappa shape index (κ2) is 6.59. The summed E-state index contributed by atoms with van der Waals surface area (Å²) in [4.78, 5) is 0. The third-order valence-electron chi connectivity index (χ3n) is 2.88. The SMILES string of the molecule is COc1ccc(CNCc2ccccc2Br)c(O)c1. The molecular weight excluding hydrogens is 306 g/mol. The van der Waals surface area contributed by atoms with E-state index in [1.807, 2.05) is 30.3 Å². The molecule has 0 heterocycles. The number of benzene rings is 2. The van der Waals surface area contributed by atoms with E-state index in [1.165, 1.54) is 5.56 Å². The van der Waals surface area contributed by atoms with Crippen LogP contribution < -0.4 is 10.1 Å². The molecule has 2 N–H and O–H groups in total. The first-order valence-electron chi connectivity index (χ1n) is 6.00. The van der Waals surface area contributed by atoms with Crippen molar-refractivity contribution in [3.05, 3.63) is 58.1 Å². The standard InChI is InChI=1S/C15H16BrNO2/c1-19-13-7-6-12(15(18)8-13)10-17-9-11-4-2-3-5-14(11)16/h2-8,17-18H,9-10H2,1H3. The Morgan fingerprint density at radius 2 is 1.84 bits per heavy atom. The Hall–Kier alpha value is -1.52. The Morgan fingerprint density at radius 1 is 1.11 bits per heavy atom. The summed E-state index contributed by atoms with van der Waals surface area (Å²) in [5, 5.41) is 13.2. The predicted octanol–water partition coefficient (Wildman–Crippen LogP) is 3.45. The summed E-state index contributed by atoms with van der Waals surface area (Å²) >= 11 is 3.51. The molecule has 100 valence electrons. The number of halogens is 1. The van der Waals surface area contributed by atoms with Crippen LogP contribution in [-0.4, -0.2) is 12.2 Å². The van der Waals surface area contributed by atoms with Gasteiger partial charge in [-0.15, -0.1) is 0 Å². The van der Waals surface area contributed by atoms with Crippen molar-refractivity contribution >= 4 is 15.9 Å². The quantitative estimate of drug-likeness (QED) is 0.886. The Labute approximate surface area is 121 Å². The fraction of sp³-hybridized carbons (Fsp3) is 0.200. The molecule has 2 aromatic rings. The van der Waals surface area contributed by atoms with E-state index in [9.17, 15) is 5.11 Å². The Balaban J connectivity index is 1.94. The van der Waals surface area contributed by atoms with Gasteiger partial charge in [0.15, 0.2) is 0 Å². The summed E-state index contributed by atoms with van der Waals surface area (Å²) in [5.74, 6) is 0.908. The van der Waals surface area contributed by atoms with E-state index >= 15 is 0 Å². The average molecular weight is 322 g/mol. The maximum Gasteiger partial charge on any atom is 0.123 e. The van der Waals surface area contributed by atoms with Crippen LogP contribution in [0.3, 0.4) is 0 Å². The van der Waals surface area contributed by atoms with Crippen LogP contribution in [0, 0.1) is 0 Å². The summed E-state index contributed by atoms with van der Waals surface area (Å²) < 4.78 is 6.14. The zero-order valence-electron chi connectivity index (χ0n) is 10.7. The fourth-order valence-electron chi connectivity index (χ4n) is 1.79. The summed E-state index contributed by atoms with van der Waals surface area (Å²) in [5.41, 5.74) is 2.04. The van der Waals surface area contributed by atoms with Crippen LogP contribution in [0.4, 0.5) is 0 Å². The molecule has 0 amide bonds. The molecule has 2 rings (SSSR count). The second-order valence-corrected chi connectivity index (χ2v) is 5.04. The number of phenols is 1. The lowest BCUT2D eigenvalue weighted by Crippen LogP contribution is -2.13. The predicted molar refractivity (Wildman–Crippen MR) is 79.3 cm³/mol.